The number of benzene rings is 1. The smallest absolute Gasteiger partial charge is 0.163 e. The average Bonchev–Trinajstić information content (AvgIpc) is 2.62. The molecular weight excluding hydrogens is 331 g/mol. The zero-order valence-corrected chi connectivity index (χ0v) is 14.2. The Morgan fingerprint density at radius 3 is 2.83 bits per heavy atom. The number of aromatic nitrogens is 1. The van der Waals surface area contributed by atoms with Crippen LogP contribution in [0.15, 0.2) is 35.4 Å². The van der Waals surface area contributed by atoms with Crippen molar-refractivity contribution in [3.8, 4) is 11.5 Å². The Kier molecular flexibility index (Phi) is 5.77. The summed E-state index contributed by atoms with van der Waals surface area (Å²) >= 11 is 1.11. The maximum atomic E-state index is 12.2. The minimum atomic E-state index is -0.510. The Hall–Kier alpha value is -1.99. The number of nitrogens with zero attached hydrogens (tertiary/aromatic N) is 1. The SMILES string of the molecule is CCc1ccc(Nc2ccc3c(c2)OCCO3)nc1SOCCF. The van der Waals surface area contributed by atoms with Gasteiger partial charge in [-0.15, -0.1) is 0 Å². The standard InChI is InChI=1S/C17H19FN2O3S/c1-2-12-3-6-16(20-17(12)24-23-8-7-18)19-13-4-5-14-15(11-13)22-10-9-21-14/h3-6,11H,2,7-10H2,1H3,(H,19,20). The summed E-state index contributed by atoms with van der Waals surface area (Å²) in [5, 5.41) is 3.99. The quantitative estimate of drug-likeness (QED) is 0.598. The summed E-state index contributed by atoms with van der Waals surface area (Å²) in [6.07, 6.45) is 0.832. The van der Waals surface area contributed by atoms with Crippen molar-refractivity contribution in [2.45, 2.75) is 18.4 Å². The van der Waals surface area contributed by atoms with Crippen LogP contribution in [-0.2, 0) is 10.6 Å². The van der Waals surface area contributed by atoms with Gasteiger partial charge in [-0.25, -0.2) is 9.37 Å². The van der Waals surface area contributed by atoms with E-state index in [1.54, 1.807) is 0 Å². The molecule has 5 nitrogen and oxygen atoms in total. The van der Waals surface area contributed by atoms with E-state index in [-0.39, 0.29) is 6.61 Å². The third kappa shape index (κ3) is 4.10. The highest BCUT2D eigenvalue weighted by atomic mass is 32.2. The highest BCUT2D eigenvalue weighted by Gasteiger charge is 2.12. The number of fused-ring (bicyclic) bond motifs is 1. The monoisotopic (exact) mass is 350 g/mol. The molecule has 1 aromatic carbocycles. The van der Waals surface area contributed by atoms with Gasteiger partial charge in [-0.1, -0.05) is 13.0 Å². The number of halogens is 1. The first-order valence-electron chi connectivity index (χ1n) is 7.82. The Bertz CT molecular complexity index is 700. The lowest BCUT2D eigenvalue weighted by Gasteiger charge is -2.19. The van der Waals surface area contributed by atoms with Crippen molar-refractivity contribution in [1.82, 2.24) is 4.98 Å². The van der Waals surface area contributed by atoms with Gasteiger partial charge in [0.2, 0.25) is 0 Å². The van der Waals surface area contributed by atoms with Crippen molar-refractivity contribution in [3.63, 3.8) is 0 Å². The van der Waals surface area contributed by atoms with E-state index in [0.717, 1.165) is 46.2 Å². The van der Waals surface area contributed by atoms with Crippen molar-refractivity contribution < 1.29 is 18.0 Å². The van der Waals surface area contributed by atoms with Crippen LogP contribution in [-0.4, -0.2) is 31.5 Å². The Labute approximate surface area is 144 Å². The molecule has 1 N–H and O–H groups in total. The first-order chi connectivity index (χ1) is 11.8. The van der Waals surface area contributed by atoms with Gasteiger partial charge in [0.05, 0.1) is 6.61 Å². The summed E-state index contributed by atoms with van der Waals surface area (Å²) in [6, 6.07) is 9.58. The topological polar surface area (TPSA) is 52.6 Å². The fourth-order valence-electron chi connectivity index (χ4n) is 2.28. The molecule has 1 aliphatic rings. The molecule has 0 spiro atoms. The molecule has 0 bridgehead atoms. The molecule has 1 aromatic heterocycles. The van der Waals surface area contributed by atoms with E-state index in [4.69, 9.17) is 13.7 Å². The molecule has 2 heterocycles. The molecule has 0 radical (unpaired) electrons. The molecule has 7 heteroatoms. The van der Waals surface area contributed by atoms with Gasteiger partial charge < -0.3 is 19.0 Å². The van der Waals surface area contributed by atoms with Crippen molar-refractivity contribution in [3.05, 3.63) is 35.9 Å². The molecule has 0 atom stereocenters. The van der Waals surface area contributed by atoms with Gasteiger partial charge in [-0.05, 0) is 30.2 Å². The third-order valence-electron chi connectivity index (χ3n) is 3.43. The third-order valence-corrected chi connectivity index (χ3v) is 4.23. The summed E-state index contributed by atoms with van der Waals surface area (Å²) < 4.78 is 28.5. The Balaban J connectivity index is 1.75. The maximum Gasteiger partial charge on any atom is 0.163 e. The highest BCUT2D eigenvalue weighted by molar-refractivity contribution is 7.94. The van der Waals surface area contributed by atoms with E-state index < -0.39 is 6.67 Å². The number of anilines is 2. The van der Waals surface area contributed by atoms with Gasteiger partial charge in [0.15, 0.2) is 11.5 Å². The second kappa shape index (κ2) is 8.21. The molecule has 0 amide bonds. The summed E-state index contributed by atoms with van der Waals surface area (Å²) in [5.74, 6) is 2.16. The van der Waals surface area contributed by atoms with E-state index in [1.165, 1.54) is 0 Å². The summed E-state index contributed by atoms with van der Waals surface area (Å²) in [7, 11) is 0. The van der Waals surface area contributed by atoms with E-state index >= 15 is 0 Å². The fraction of sp³-hybridized carbons (Fsp3) is 0.353. The Morgan fingerprint density at radius 1 is 1.21 bits per heavy atom. The van der Waals surface area contributed by atoms with Crippen molar-refractivity contribution >= 4 is 23.5 Å². The normalized spacial score (nSPS) is 12.9. The van der Waals surface area contributed by atoms with Gasteiger partial charge >= 0.3 is 0 Å². The molecule has 24 heavy (non-hydrogen) atoms. The van der Waals surface area contributed by atoms with Crippen LogP contribution in [0.25, 0.3) is 0 Å². The molecule has 2 aromatic rings. The Morgan fingerprint density at radius 2 is 2.04 bits per heavy atom. The molecule has 3 rings (SSSR count). The van der Waals surface area contributed by atoms with Crippen LogP contribution in [0.3, 0.4) is 0 Å². The average molecular weight is 350 g/mol. The molecule has 0 saturated carbocycles. The van der Waals surface area contributed by atoms with Crippen molar-refractivity contribution in [2.24, 2.45) is 0 Å². The van der Waals surface area contributed by atoms with Gasteiger partial charge in [0.25, 0.3) is 0 Å². The van der Waals surface area contributed by atoms with E-state index in [0.29, 0.717) is 19.0 Å². The second-order valence-corrected chi connectivity index (χ2v) is 5.88. The lowest BCUT2D eigenvalue weighted by Crippen LogP contribution is -2.15. The molecule has 128 valence electrons. The van der Waals surface area contributed by atoms with E-state index in [2.05, 4.69) is 10.3 Å². The molecule has 1 aliphatic heterocycles. The van der Waals surface area contributed by atoms with Gasteiger partial charge in [0.1, 0.15) is 30.7 Å². The van der Waals surface area contributed by atoms with Gasteiger partial charge in [-0.2, -0.15) is 0 Å². The molecule has 0 unspecified atom stereocenters. The highest BCUT2D eigenvalue weighted by Crippen LogP contribution is 2.34. The number of hydrogen-bond acceptors (Lipinski definition) is 6. The summed E-state index contributed by atoms with van der Waals surface area (Å²) in [6.45, 7) is 2.70. The number of hydrogen-bond donors (Lipinski definition) is 1. The predicted molar refractivity (Wildman–Crippen MR) is 92.1 cm³/mol. The summed E-state index contributed by atoms with van der Waals surface area (Å²) in [5.41, 5.74) is 1.92. The van der Waals surface area contributed by atoms with Crippen LogP contribution in [0.4, 0.5) is 15.9 Å². The molecule has 0 fully saturated rings. The lowest BCUT2D eigenvalue weighted by atomic mass is 10.2. The lowest BCUT2D eigenvalue weighted by molar-refractivity contribution is 0.171. The fourth-order valence-corrected chi connectivity index (χ4v) is 2.99. The van der Waals surface area contributed by atoms with Gasteiger partial charge in [0, 0.05) is 23.8 Å². The first-order valence-corrected chi connectivity index (χ1v) is 8.56. The zero-order chi connectivity index (χ0) is 16.8. The number of ether oxygens (including phenoxy) is 2. The minimum Gasteiger partial charge on any atom is -0.486 e. The predicted octanol–water partition coefficient (Wildman–Crippen LogP) is 4.15. The molecular formula is C17H19FN2O3S. The van der Waals surface area contributed by atoms with Crippen LogP contribution in [0.2, 0.25) is 0 Å². The number of nitrogens with one attached hydrogen (secondary N) is 1. The van der Waals surface area contributed by atoms with Crippen LogP contribution < -0.4 is 14.8 Å². The number of aryl methyl sites for hydroxylation is 1. The van der Waals surface area contributed by atoms with Crippen molar-refractivity contribution in [1.29, 1.82) is 0 Å². The van der Waals surface area contributed by atoms with Crippen LogP contribution in [0.5, 0.6) is 11.5 Å². The number of alkyl halides is 1. The molecule has 0 saturated heterocycles. The van der Waals surface area contributed by atoms with E-state index in [9.17, 15) is 4.39 Å². The zero-order valence-electron chi connectivity index (χ0n) is 13.4. The first kappa shape index (κ1) is 16.9. The van der Waals surface area contributed by atoms with E-state index in [1.807, 2.05) is 37.3 Å². The minimum absolute atomic E-state index is 0.0509. The van der Waals surface area contributed by atoms with Crippen LogP contribution >= 0.6 is 12.0 Å². The summed E-state index contributed by atoms with van der Waals surface area (Å²) in [4.78, 5) is 4.56. The molecule has 0 aliphatic carbocycles. The van der Waals surface area contributed by atoms with Crippen LogP contribution in [0.1, 0.15) is 12.5 Å². The van der Waals surface area contributed by atoms with Crippen LogP contribution in [0, 0.1) is 0 Å². The maximum absolute atomic E-state index is 12.2. The van der Waals surface area contributed by atoms with Crippen molar-refractivity contribution in [2.75, 3.05) is 31.8 Å². The van der Waals surface area contributed by atoms with Gasteiger partial charge in [-0.3, -0.25) is 0 Å². The largest absolute Gasteiger partial charge is 0.486 e. The second-order valence-electron chi connectivity index (χ2n) is 5.09. The number of pyridine rings is 1. The number of rotatable bonds is 7.